The Hall–Kier alpha value is -1.72. The van der Waals surface area contributed by atoms with Crippen LogP contribution in [0.2, 0.25) is 0 Å². The van der Waals surface area contributed by atoms with Crippen LogP contribution in [0.5, 0.6) is 0 Å². The molecule has 0 N–H and O–H groups in total. The summed E-state index contributed by atoms with van der Waals surface area (Å²) in [5.74, 6) is -0.424. The largest absolute Gasteiger partial charge is 0.368 e. The van der Waals surface area contributed by atoms with E-state index in [9.17, 15) is 4.79 Å². The van der Waals surface area contributed by atoms with Gasteiger partial charge in [-0.2, -0.15) is 0 Å². The Bertz CT molecular complexity index is 534. The van der Waals surface area contributed by atoms with Crippen LogP contribution in [0.25, 0.3) is 0 Å². The number of ether oxygens (including phenoxy) is 1. The number of likely N-dealkylation sites (tertiary alicyclic amines) is 1. The van der Waals surface area contributed by atoms with Gasteiger partial charge in [-0.15, -0.1) is 0 Å². The maximum atomic E-state index is 11.8. The number of rotatable bonds is 2. The van der Waals surface area contributed by atoms with Crippen molar-refractivity contribution >= 4 is 11.7 Å². The summed E-state index contributed by atoms with van der Waals surface area (Å²) in [4.78, 5) is 19.2. The van der Waals surface area contributed by atoms with Crippen molar-refractivity contribution in [1.82, 2.24) is 4.90 Å². The molecule has 0 amide bonds. The Kier molecular flexibility index (Phi) is 4.03. The number of hydrogen-bond acceptors (Lipinski definition) is 5. The zero-order valence-corrected chi connectivity index (χ0v) is 12.2. The van der Waals surface area contributed by atoms with Crippen molar-refractivity contribution in [2.45, 2.75) is 24.9 Å². The fourth-order valence-corrected chi connectivity index (χ4v) is 2.85. The Morgan fingerprint density at radius 1 is 1.29 bits per heavy atom. The highest BCUT2D eigenvalue weighted by Crippen LogP contribution is 2.34. The van der Waals surface area contributed by atoms with Crippen LogP contribution < -0.4 is 0 Å². The van der Waals surface area contributed by atoms with Gasteiger partial charge in [0.15, 0.2) is 0 Å². The third-order valence-electron chi connectivity index (χ3n) is 4.24. The first-order valence-electron chi connectivity index (χ1n) is 7.32. The van der Waals surface area contributed by atoms with E-state index in [1.807, 2.05) is 6.07 Å². The number of carbonyl (C=O) groups excluding carboxylic acids is 1. The van der Waals surface area contributed by atoms with E-state index < -0.39 is 5.97 Å². The summed E-state index contributed by atoms with van der Waals surface area (Å²) in [5.41, 5.74) is 1.24. The molecule has 1 aromatic carbocycles. The zero-order valence-electron chi connectivity index (χ0n) is 12.2. The summed E-state index contributed by atoms with van der Waals surface area (Å²) in [5, 5.41) is 4.00. The van der Waals surface area contributed by atoms with E-state index in [1.54, 1.807) is 24.3 Å². The minimum atomic E-state index is -0.424. The molecule has 1 spiro atoms. The average Bonchev–Trinajstić information content (AvgIpc) is 2.92. The van der Waals surface area contributed by atoms with Gasteiger partial charge in [-0.1, -0.05) is 23.4 Å². The lowest BCUT2D eigenvalue weighted by Gasteiger charge is -2.36. The maximum Gasteiger partial charge on any atom is 0.365 e. The lowest BCUT2D eigenvalue weighted by atomic mass is 9.88. The first-order valence-corrected chi connectivity index (χ1v) is 7.32. The van der Waals surface area contributed by atoms with E-state index in [-0.39, 0.29) is 5.60 Å². The Morgan fingerprint density at radius 2 is 2.00 bits per heavy atom. The van der Waals surface area contributed by atoms with Crippen molar-refractivity contribution in [2.75, 3.05) is 26.7 Å². The monoisotopic (exact) mass is 288 g/mol. The average molecular weight is 288 g/mol. The normalized spacial score (nSPS) is 23.6. The molecular weight excluding hydrogens is 268 g/mol. The van der Waals surface area contributed by atoms with Crippen molar-refractivity contribution in [2.24, 2.45) is 5.16 Å². The van der Waals surface area contributed by atoms with Crippen LogP contribution in [0, 0.1) is 0 Å². The van der Waals surface area contributed by atoms with Crippen LogP contribution in [-0.4, -0.2) is 48.9 Å². The summed E-state index contributed by atoms with van der Waals surface area (Å²) >= 11 is 0. The summed E-state index contributed by atoms with van der Waals surface area (Å²) in [6, 6.07) is 8.89. The Labute approximate surface area is 124 Å². The molecule has 3 rings (SSSR count). The molecule has 2 fully saturated rings. The van der Waals surface area contributed by atoms with E-state index in [1.165, 1.54) is 0 Å². The predicted molar refractivity (Wildman–Crippen MR) is 79.3 cm³/mol. The molecule has 1 aromatic rings. The molecule has 5 nitrogen and oxygen atoms in total. The SMILES string of the molecule is CN1CCC2(CC1)CC(=NOC(=O)c1ccccc1)CO2. The first kappa shape index (κ1) is 14.2. The summed E-state index contributed by atoms with van der Waals surface area (Å²) < 4.78 is 5.93. The number of hydrogen-bond donors (Lipinski definition) is 0. The highest BCUT2D eigenvalue weighted by molar-refractivity contribution is 5.92. The molecule has 2 aliphatic heterocycles. The highest BCUT2D eigenvalue weighted by Gasteiger charge is 2.40. The summed E-state index contributed by atoms with van der Waals surface area (Å²) in [6.07, 6.45) is 2.78. The molecule has 0 radical (unpaired) electrons. The van der Waals surface area contributed by atoms with Gasteiger partial charge in [-0.3, -0.25) is 0 Å². The number of oxime groups is 1. The maximum absolute atomic E-state index is 11.8. The number of nitrogens with zero attached hydrogens (tertiary/aromatic N) is 2. The van der Waals surface area contributed by atoms with Gasteiger partial charge in [-0.25, -0.2) is 4.79 Å². The van der Waals surface area contributed by atoms with Crippen molar-refractivity contribution in [3.05, 3.63) is 35.9 Å². The standard InChI is InChI=1S/C16H20N2O3/c1-18-9-7-16(8-10-18)11-14(12-20-16)17-21-15(19)13-5-3-2-4-6-13/h2-6H,7-12H2,1H3. The van der Waals surface area contributed by atoms with Crippen molar-refractivity contribution in [3.8, 4) is 0 Å². The lowest BCUT2D eigenvalue weighted by molar-refractivity contribution is -0.0386. The van der Waals surface area contributed by atoms with Crippen LogP contribution in [0.3, 0.4) is 0 Å². The third-order valence-corrected chi connectivity index (χ3v) is 4.24. The molecular formula is C16H20N2O3. The smallest absolute Gasteiger partial charge is 0.365 e. The molecule has 5 heteroatoms. The van der Waals surface area contributed by atoms with Crippen LogP contribution >= 0.6 is 0 Å². The molecule has 2 heterocycles. The van der Waals surface area contributed by atoms with Gasteiger partial charge in [0.25, 0.3) is 0 Å². The van der Waals surface area contributed by atoms with Gasteiger partial charge in [0, 0.05) is 19.5 Å². The third kappa shape index (κ3) is 3.31. The summed E-state index contributed by atoms with van der Waals surface area (Å²) in [7, 11) is 2.12. The molecule has 0 unspecified atom stereocenters. The number of benzene rings is 1. The zero-order chi connectivity index (χ0) is 14.7. The topological polar surface area (TPSA) is 51.1 Å². The van der Waals surface area contributed by atoms with E-state index in [0.717, 1.165) is 38.1 Å². The van der Waals surface area contributed by atoms with Crippen LogP contribution in [0.15, 0.2) is 35.5 Å². The minimum absolute atomic E-state index is 0.0928. The van der Waals surface area contributed by atoms with E-state index in [2.05, 4.69) is 17.1 Å². The van der Waals surface area contributed by atoms with Gasteiger partial charge in [0.05, 0.1) is 23.5 Å². The molecule has 0 atom stereocenters. The van der Waals surface area contributed by atoms with Crippen molar-refractivity contribution < 1.29 is 14.4 Å². The Balaban J connectivity index is 1.58. The molecule has 0 aromatic heterocycles. The van der Waals surface area contributed by atoms with Crippen LogP contribution in [0.1, 0.15) is 29.6 Å². The molecule has 2 aliphatic rings. The van der Waals surface area contributed by atoms with Crippen LogP contribution in [-0.2, 0) is 9.57 Å². The van der Waals surface area contributed by atoms with Gasteiger partial charge in [-0.05, 0) is 32.0 Å². The highest BCUT2D eigenvalue weighted by atomic mass is 16.7. The second-order valence-electron chi connectivity index (χ2n) is 5.85. The van der Waals surface area contributed by atoms with Gasteiger partial charge in [0.1, 0.15) is 0 Å². The second-order valence-corrected chi connectivity index (χ2v) is 5.85. The number of carbonyl (C=O) groups is 1. The van der Waals surface area contributed by atoms with E-state index in [4.69, 9.17) is 9.57 Å². The van der Waals surface area contributed by atoms with Crippen molar-refractivity contribution in [3.63, 3.8) is 0 Å². The molecule has 0 bridgehead atoms. The molecule has 112 valence electrons. The molecule has 2 saturated heterocycles. The fourth-order valence-electron chi connectivity index (χ4n) is 2.85. The second kappa shape index (κ2) is 5.95. The minimum Gasteiger partial charge on any atom is -0.368 e. The van der Waals surface area contributed by atoms with E-state index in [0.29, 0.717) is 12.2 Å². The van der Waals surface area contributed by atoms with Gasteiger partial charge < -0.3 is 14.5 Å². The first-order chi connectivity index (χ1) is 10.2. The lowest BCUT2D eigenvalue weighted by Crippen LogP contribution is -2.42. The Morgan fingerprint density at radius 3 is 2.71 bits per heavy atom. The quantitative estimate of drug-likeness (QED) is 0.617. The van der Waals surface area contributed by atoms with Crippen molar-refractivity contribution in [1.29, 1.82) is 0 Å². The van der Waals surface area contributed by atoms with Crippen LogP contribution in [0.4, 0.5) is 0 Å². The molecule has 0 saturated carbocycles. The summed E-state index contributed by atoms with van der Waals surface area (Å²) in [6.45, 7) is 2.54. The molecule has 0 aliphatic carbocycles. The molecule has 21 heavy (non-hydrogen) atoms. The predicted octanol–water partition coefficient (Wildman–Crippen LogP) is 2.08. The van der Waals surface area contributed by atoms with E-state index >= 15 is 0 Å². The van der Waals surface area contributed by atoms with Gasteiger partial charge in [0.2, 0.25) is 0 Å². The number of piperidine rings is 1. The van der Waals surface area contributed by atoms with Gasteiger partial charge >= 0.3 is 5.97 Å². The fraction of sp³-hybridized carbons (Fsp3) is 0.500.